The van der Waals surface area contributed by atoms with Gasteiger partial charge < -0.3 is 14.4 Å². The Kier molecular flexibility index (Phi) is 7.03. The van der Waals surface area contributed by atoms with E-state index in [4.69, 9.17) is 21.1 Å². The number of rotatable bonds is 6. The molecule has 2 aromatic rings. The molecule has 0 saturated carbocycles. The van der Waals surface area contributed by atoms with Crippen LogP contribution in [0.25, 0.3) is 0 Å². The van der Waals surface area contributed by atoms with Crippen LogP contribution in [0.4, 0.5) is 0 Å². The first-order valence-electron chi connectivity index (χ1n) is 8.78. The first-order chi connectivity index (χ1) is 13.0. The fourth-order valence-corrected chi connectivity index (χ4v) is 4.76. The molecule has 0 unspecified atom stereocenters. The summed E-state index contributed by atoms with van der Waals surface area (Å²) in [6.45, 7) is 6.40. The molecule has 1 amide bonds. The van der Waals surface area contributed by atoms with Crippen molar-refractivity contribution >= 4 is 44.8 Å². The lowest BCUT2D eigenvalue weighted by Crippen LogP contribution is -2.48. The van der Waals surface area contributed by atoms with Crippen LogP contribution in [0, 0.1) is 0 Å². The van der Waals surface area contributed by atoms with Crippen molar-refractivity contribution in [1.82, 2.24) is 9.80 Å². The van der Waals surface area contributed by atoms with Crippen LogP contribution in [0.1, 0.15) is 22.2 Å². The molecule has 0 N–H and O–H groups in total. The molecular weight excluding hydrogens is 452 g/mol. The van der Waals surface area contributed by atoms with Gasteiger partial charge in [-0.3, -0.25) is 9.69 Å². The monoisotopic (exact) mass is 472 g/mol. The second-order valence-electron chi connectivity index (χ2n) is 6.20. The Balaban J connectivity index is 1.64. The molecule has 0 aliphatic carbocycles. The molecule has 0 bridgehead atoms. The lowest BCUT2D eigenvalue weighted by Gasteiger charge is -2.34. The zero-order valence-corrected chi connectivity index (χ0v) is 18.5. The number of nitrogens with zero attached hydrogens (tertiary/aromatic N) is 2. The lowest BCUT2D eigenvalue weighted by atomic mass is 10.1. The SMILES string of the molecule is CCOc1c(Br)cc(C(=O)N2CCN(Cc3ccc(Cl)s3)CC2)cc1OC. The van der Waals surface area contributed by atoms with Gasteiger partial charge in [0.2, 0.25) is 0 Å². The summed E-state index contributed by atoms with van der Waals surface area (Å²) in [7, 11) is 1.58. The Morgan fingerprint density at radius 2 is 2.00 bits per heavy atom. The van der Waals surface area contributed by atoms with Crippen molar-refractivity contribution in [2.75, 3.05) is 39.9 Å². The van der Waals surface area contributed by atoms with E-state index in [1.165, 1.54) is 4.88 Å². The number of amides is 1. The van der Waals surface area contributed by atoms with Gasteiger partial charge in [-0.25, -0.2) is 0 Å². The maximum atomic E-state index is 12.9. The van der Waals surface area contributed by atoms with E-state index in [2.05, 4.69) is 26.9 Å². The minimum Gasteiger partial charge on any atom is -0.493 e. The maximum absolute atomic E-state index is 12.9. The van der Waals surface area contributed by atoms with Crippen LogP contribution >= 0.6 is 38.9 Å². The third kappa shape index (κ3) is 4.96. The van der Waals surface area contributed by atoms with Crippen LogP contribution in [0.5, 0.6) is 11.5 Å². The van der Waals surface area contributed by atoms with Gasteiger partial charge in [0, 0.05) is 43.2 Å². The topological polar surface area (TPSA) is 42.0 Å². The second-order valence-corrected chi connectivity index (χ2v) is 8.85. The Labute approximate surface area is 176 Å². The number of methoxy groups -OCH3 is 1. The van der Waals surface area contributed by atoms with E-state index < -0.39 is 0 Å². The van der Waals surface area contributed by atoms with E-state index in [1.807, 2.05) is 17.9 Å². The van der Waals surface area contributed by atoms with Crippen molar-refractivity contribution in [2.24, 2.45) is 0 Å². The molecule has 2 heterocycles. The normalized spacial score (nSPS) is 15.0. The van der Waals surface area contributed by atoms with Crippen molar-refractivity contribution in [2.45, 2.75) is 13.5 Å². The van der Waals surface area contributed by atoms with E-state index in [9.17, 15) is 4.79 Å². The van der Waals surface area contributed by atoms with Gasteiger partial charge in [0.05, 0.1) is 22.5 Å². The number of hydrogen-bond donors (Lipinski definition) is 0. The van der Waals surface area contributed by atoms with Crippen LogP contribution in [0.3, 0.4) is 0 Å². The van der Waals surface area contributed by atoms with E-state index in [0.717, 1.165) is 28.4 Å². The van der Waals surface area contributed by atoms with Gasteiger partial charge in [0.1, 0.15) is 0 Å². The number of piperazine rings is 1. The summed E-state index contributed by atoms with van der Waals surface area (Å²) < 4.78 is 12.5. The fourth-order valence-electron chi connectivity index (χ4n) is 3.08. The summed E-state index contributed by atoms with van der Waals surface area (Å²) in [6, 6.07) is 7.54. The van der Waals surface area contributed by atoms with Gasteiger partial charge in [0.15, 0.2) is 11.5 Å². The van der Waals surface area contributed by atoms with Crippen molar-refractivity contribution < 1.29 is 14.3 Å². The van der Waals surface area contributed by atoms with Gasteiger partial charge in [-0.1, -0.05) is 11.6 Å². The van der Waals surface area contributed by atoms with Crippen LogP contribution < -0.4 is 9.47 Å². The van der Waals surface area contributed by atoms with Crippen LogP contribution in [-0.2, 0) is 6.54 Å². The highest BCUT2D eigenvalue weighted by Gasteiger charge is 2.24. The molecule has 27 heavy (non-hydrogen) atoms. The Hall–Kier alpha value is -1.28. The Bertz CT molecular complexity index is 806. The molecule has 1 aliphatic heterocycles. The van der Waals surface area contributed by atoms with Gasteiger partial charge >= 0.3 is 0 Å². The maximum Gasteiger partial charge on any atom is 0.254 e. The number of carbonyl (C=O) groups excluding carboxylic acids is 1. The molecular formula is C19H22BrClN2O3S. The molecule has 1 fully saturated rings. The molecule has 0 spiro atoms. The Morgan fingerprint density at radius 3 is 2.59 bits per heavy atom. The van der Waals surface area contributed by atoms with Crippen molar-refractivity contribution in [3.63, 3.8) is 0 Å². The second kappa shape index (κ2) is 9.28. The summed E-state index contributed by atoms with van der Waals surface area (Å²) in [5.41, 5.74) is 0.598. The number of ether oxygens (including phenoxy) is 2. The number of thiophene rings is 1. The minimum absolute atomic E-state index is 0.0101. The lowest BCUT2D eigenvalue weighted by molar-refractivity contribution is 0.0629. The van der Waals surface area contributed by atoms with E-state index in [1.54, 1.807) is 30.6 Å². The standard InChI is InChI=1S/C19H22BrClN2O3S/c1-3-26-18-15(20)10-13(11-16(18)25-2)19(24)23-8-6-22(7-9-23)12-14-4-5-17(21)27-14/h4-5,10-11H,3,6-9,12H2,1-2H3. The molecule has 8 heteroatoms. The van der Waals surface area contributed by atoms with Gasteiger partial charge in [-0.15, -0.1) is 11.3 Å². The van der Waals surface area contributed by atoms with Gasteiger partial charge in [0.25, 0.3) is 5.91 Å². The predicted molar refractivity (Wildman–Crippen MR) is 112 cm³/mol. The smallest absolute Gasteiger partial charge is 0.254 e. The summed E-state index contributed by atoms with van der Waals surface area (Å²) >= 11 is 11.1. The number of carbonyl (C=O) groups is 1. The molecule has 1 aliphatic rings. The zero-order chi connectivity index (χ0) is 19.4. The highest BCUT2D eigenvalue weighted by atomic mass is 79.9. The largest absolute Gasteiger partial charge is 0.493 e. The molecule has 5 nitrogen and oxygen atoms in total. The number of halogens is 2. The van der Waals surface area contributed by atoms with Crippen molar-refractivity contribution in [3.05, 3.63) is 43.5 Å². The minimum atomic E-state index is 0.0101. The molecule has 1 aromatic carbocycles. The highest BCUT2D eigenvalue weighted by Crippen LogP contribution is 2.37. The van der Waals surface area contributed by atoms with E-state index in [0.29, 0.717) is 36.8 Å². The fraction of sp³-hybridized carbons (Fsp3) is 0.421. The molecule has 3 rings (SSSR count). The van der Waals surface area contributed by atoms with Crippen LogP contribution in [0.15, 0.2) is 28.7 Å². The summed E-state index contributed by atoms with van der Waals surface area (Å²) in [6.07, 6.45) is 0. The van der Waals surface area contributed by atoms with Crippen LogP contribution in [-0.4, -0.2) is 55.6 Å². The van der Waals surface area contributed by atoms with E-state index in [-0.39, 0.29) is 5.91 Å². The van der Waals surface area contributed by atoms with E-state index >= 15 is 0 Å². The van der Waals surface area contributed by atoms with Gasteiger partial charge in [-0.05, 0) is 47.1 Å². The summed E-state index contributed by atoms with van der Waals surface area (Å²) in [5.74, 6) is 1.19. The van der Waals surface area contributed by atoms with Crippen molar-refractivity contribution in [3.8, 4) is 11.5 Å². The Morgan fingerprint density at radius 1 is 1.26 bits per heavy atom. The number of benzene rings is 1. The average Bonchev–Trinajstić information content (AvgIpc) is 3.08. The molecule has 1 saturated heterocycles. The quantitative estimate of drug-likeness (QED) is 0.618. The van der Waals surface area contributed by atoms with Crippen molar-refractivity contribution in [1.29, 1.82) is 0 Å². The van der Waals surface area contributed by atoms with Gasteiger partial charge in [-0.2, -0.15) is 0 Å². The molecule has 0 radical (unpaired) electrons. The summed E-state index contributed by atoms with van der Waals surface area (Å²) in [5, 5.41) is 0. The average molecular weight is 474 g/mol. The first kappa shape index (κ1) is 20.5. The number of hydrogen-bond acceptors (Lipinski definition) is 5. The first-order valence-corrected chi connectivity index (χ1v) is 10.8. The highest BCUT2D eigenvalue weighted by molar-refractivity contribution is 9.10. The zero-order valence-electron chi connectivity index (χ0n) is 15.3. The third-order valence-corrected chi connectivity index (χ3v) is 6.24. The molecule has 146 valence electrons. The predicted octanol–water partition coefficient (Wildman–Crippen LogP) is 4.53. The third-order valence-electron chi connectivity index (χ3n) is 4.43. The molecule has 1 aromatic heterocycles. The molecule has 0 atom stereocenters. The summed E-state index contributed by atoms with van der Waals surface area (Å²) in [4.78, 5) is 18.4. The van der Waals surface area contributed by atoms with Crippen LogP contribution in [0.2, 0.25) is 4.34 Å².